The van der Waals surface area contributed by atoms with Crippen molar-refractivity contribution in [2.24, 2.45) is 0 Å². The van der Waals surface area contributed by atoms with Gasteiger partial charge in [0.2, 0.25) is 11.8 Å². The third-order valence-corrected chi connectivity index (χ3v) is 4.32. The molecule has 2 rings (SSSR count). The lowest BCUT2D eigenvalue weighted by atomic mass is 10.1. The van der Waals surface area contributed by atoms with Gasteiger partial charge in [0.15, 0.2) is 0 Å². The van der Waals surface area contributed by atoms with Gasteiger partial charge in [0.05, 0.1) is 28.7 Å². The molecular formula is C19H21ClN4O4. The van der Waals surface area contributed by atoms with Gasteiger partial charge in [-0.25, -0.2) is 0 Å². The monoisotopic (exact) mass is 404 g/mol. The number of carbonyl (C=O) groups excluding carboxylic acids is 2. The topological polar surface area (TPSA) is 105 Å². The lowest BCUT2D eigenvalue weighted by Gasteiger charge is -2.17. The molecule has 2 aromatic rings. The highest BCUT2D eigenvalue weighted by Crippen LogP contribution is 2.26. The second-order valence-corrected chi connectivity index (χ2v) is 6.86. The molecule has 9 heteroatoms. The predicted molar refractivity (Wildman–Crippen MR) is 109 cm³/mol. The second-order valence-electron chi connectivity index (χ2n) is 6.46. The molecule has 2 aromatic carbocycles. The Bertz CT molecular complexity index is 897. The number of benzene rings is 2. The van der Waals surface area contributed by atoms with Gasteiger partial charge >= 0.3 is 0 Å². The van der Waals surface area contributed by atoms with E-state index < -0.39 is 10.8 Å². The molecule has 2 amide bonds. The molecular weight excluding hydrogens is 384 g/mol. The van der Waals surface area contributed by atoms with E-state index in [0.717, 1.165) is 16.8 Å². The number of hydrogen-bond acceptors (Lipinski definition) is 5. The van der Waals surface area contributed by atoms with E-state index in [9.17, 15) is 19.7 Å². The number of hydrogen-bond donors (Lipinski definition) is 2. The van der Waals surface area contributed by atoms with Gasteiger partial charge in [0.25, 0.3) is 5.69 Å². The summed E-state index contributed by atoms with van der Waals surface area (Å²) in [6, 6.07) is 9.52. The van der Waals surface area contributed by atoms with Crippen LogP contribution in [0.1, 0.15) is 11.1 Å². The third kappa shape index (κ3) is 5.77. The van der Waals surface area contributed by atoms with Crippen molar-refractivity contribution in [3.63, 3.8) is 0 Å². The minimum atomic E-state index is -0.569. The summed E-state index contributed by atoms with van der Waals surface area (Å²) in [4.78, 5) is 36.1. The van der Waals surface area contributed by atoms with Gasteiger partial charge in [0, 0.05) is 17.8 Å². The maximum Gasteiger partial charge on any atom is 0.271 e. The molecule has 0 aliphatic carbocycles. The Labute approximate surface area is 167 Å². The van der Waals surface area contributed by atoms with Gasteiger partial charge in [-0.2, -0.15) is 0 Å². The number of amides is 2. The van der Waals surface area contributed by atoms with Gasteiger partial charge in [-0.1, -0.05) is 29.8 Å². The normalized spacial score (nSPS) is 10.6. The molecule has 0 heterocycles. The third-order valence-electron chi connectivity index (χ3n) is 4.01. The number of nitrogens with one attached hydrogen (secondary N) is 2. The Morgan fingerprint density at radius 2 is 1.64 bits per heavy atom. The maximum absolute atomic E-state index is 12.3. The van der Waals surface area contributed by atoms with Gasteiger partial charge in [-0.3, -0.25) is 24.6 Å². The minimum Gasteiger partial charge on any atom is -0.324 e. The molecule has 0 unspecified atom stereocenters. The Hall–Kier alpha value is -2.97. The van der Waals surface area contributed by atoms with Crippen LogP contribution in [0.2, 0.25) is 5.02 Å². The molecule has 0 bridgehead atoms. The fourth-order valence-electron chi connectivity index (χ4n) is 2.65. The molecule has 0 aliphatic rings. The zero-order valence-electron chi connectivity index (χ0n) is 15.8. The number of para-hydroxylation sites is 1. The van der Waals surface area contributed by atoms with Crippen molar-refractivity contribution in [2.45, 2.75) is 13.8 Å². The molecule has 28 heavy (non-hydrogen) atoms. The molecule has 148 valence electrons. The average Bonchev–Trinajstić information content (AvgIpc) is 2.59. The molecule has 0 fully saturated rings. The molecule has 0 atom stereocenters. The summed E-state index contributed by atoms with van der Waals surface area (Å²) >= 11 is 5.96. The fraction of sp³-hybridized carbons (Fsp3) is 0.263. The first-order valence-electron chi connectivity index (χ1n) is 8.45. The Morgan fingerprint density at radius 3 is 2.18 bits per heavy atom. The summed E-state index contributed by atoms with van der Waals surface area (Å²) in [6.45, 7) is 3.80. The lowest BCUT2D eigenvalue weighted by Crippen LogP contribution is -2.36. The molecule has 0 aromatic heterocycles. The van der Waals surface area contributed by atoms with Crippen molar-refractivity contribution in [1.29, 1.82) is 0 Å². The van der Waals surface area contributed by atoms with Crippen LogP contribution < -0.4 is 10.6 Å². The zero-order chi connectivity index (χ0) is 20.8. The van der Waals surface area contributed by atoms with E-state index in [1.807, 2.05) is 32.0 Å². The first-order chi connectivity index (χ1) is 13.2. The van der Waals surface area contributed by atoms with Crippen molar-refractivity contribution in [2.75, 3.05) is 30.8 Å². The first-order valence-corrected chi connectivity index (χ1v) is 8.83. The summed E-state index contributed by atoms with van der Waals surface area (Å²) in [5.41, 5.74) is 2.79. The number of non-ortho nitro benzene ring substituents is 1. The van der Waals surface area contributed by atoms with Crippen LogP contribution in [0.25, 0.3) is 0 Å². The average molecular weight is 405 g/mol. The number of anilines is 2. The Morgan fingerprint density at radius 1 is 1.07 bits per heavy atom. The van der Waals surface area contributed by atoms with Crippen LogP contribution in [0.4, 0.5) is 17.1 Å². The summed E-state index contributed by atoms with van der Waals surface area (Å²) in [5, 5.41) is 16.2. The lowest BCUT2D eigenvalue weighted by molar-refractivity contribution is -0.384. The van der Waals surface area contributed by atoms with Crippen molar-refractivity contribution in [3.8, 4) is 0 Å². The smallest absolute Gasteiger partial charge is 0.271 e. The van der Waals surface area contributed by atoms with E-state index in [2.05, 4.69) is 10.6 Å². The van der Waals surface area contributed by atoms with Gasteiger partial charge < -0.3 is 10.6 Å². The maximum atomic E-state index is 12.3. The highest BCUT2D eigenvalue weighted by Gasteiger charge is 2.15. The number of rotatable bonds is 7. The standard InChI is InChI=1S/C19H21ClN4O4/c1-12-5-4-6-13(2)19(12)22-18(26)11-23(3)10-17(25)21-16-8-7-14(24(27)28)9-15(16)20/h4-9H,10-11H2,1-3H3,(H,21,25)(H,22,26). The number of nitrogens with zero attached hydrogens (tertiary/aromatic N) is 2. The van der Waals surface area contributed by atoms with Crippen molar-refractivity contribution >= 4 is 40.5 Å². The zero-order valence-corrected chi connectivity index (χ0v) is 16.5. The molecule has 2 N–H and O–H groups in total. The summed E-state index contributed by atoms with van der Waals surface area (Å²) in [6.07, 6.45) is 0. The van der Waals surface area contributed by atoms with Crippen LogP contribution in [-0.2, 0) is 9.59 Å². The molecule has 0 spiro atoms. The Balaban J connectivity index is 1.90. The summed E-state index contributed by atoms with van der Waals surface area (Å²) in [7, 11) is 1.64. The van der Waals surface area contributed by atoms with Crippen molar-refractivity contribution in [1.82, 2.24) is 4.90 Å². The van der Waals surface area contributed by atoms with E-state index in [4.69, 9.17) is 11.6 Å². The molecule has 0 saturated carbocycles. The van der Waals surface area contributed by atoms with Gasteiger partial charge in [0.1, 0.15) is 0 Å². The number of likely N-dealkylation sites (N-methyl/N-ethyl adjacent to an activating group) is 1. The molecule has 0 saturated heterocycles. The minimum absolute atomic E-state index is 0.0230. The SMILES string of the molecule is Cc1cccc(C)c1NC(=O)CN(C)CC(=O)Nc1ccc([N+](=O)[O-])cc1Cl. The first kappa shape index (κ1) is 21.3. The van der Waals surface area contributed by atoms with E-state index in [1.54, 1.807) is 11.9 Å². The van der Waals surface area contributed by atoms with E-state index in [-0.39, 0.29) is 35.4 Å². The van der Waals surface area contributed by atoms with Crippen LogP contribution in [0.3, 0.4) is 0 Å². The van der Waals surface area contributed by atoms with Gasteiger partial charge in [-0.15, -0.1) is 0 Å². The van der Waals surface area contributed by atoms with Crippen LogP contribution in [-0.4, -0.2) is 41.8 Å². The number of halogens is 1. The second kappa shape index (κ2) is 9.29. The van der Waals surface area contributed by atoms with Crippen LogP contribution in [0.15, 0.2) is 36.4 Å². The highest BCUT2D eigenvalue weighted by atomic mass is 35.5. The number of nitro groups is 1. The molecule has 0 radical (unpaired) electrons. The quantitative estimate of drug-likeness (QED) is 0.543. The van der Waals surface area contributed by atoms with Gasteiger partial charge in [-0.05, 0) is 38.1 Å². The summed E-state index contributed by atoms with van der Waals surface area (Å²) < 4.78 is 0. The van der Waals surface area contributed by atoms with Crippen LogP contribution in [0.5, 0.6) is 0 Å². The molecule has 0 aliphatic heterocycles. The van der Waals surface area contributed by atoms with Crippen LogP contribution in [0, 0.1) is 24.0 Å². The number of nitro benzene ring substituents is 1. The van der Waals surface area contributed by atoms with E-state index >= 15 is 0 Å². The fourth-order valence-corrected chi connectivity index (χ4v) is 2.87. The van der Waals surface area contributed by atoms with E-state index in [0.29, 0.717) is 0 Å². The molecule has 8 nitrogen and oxygen atoms in total. The largest absolute Gasteiger partial charge is 0.324 e. The predicted octanol–water partition coefficient (Wildman–Crippen LogP) is 3.37. The van der Waals surface area contributed by atoms with Crippen molar-refractivity contribution in [3.05, 3.63) is 62.7 Å². The van der Waals surface area contributed by atoms with E-state index in [1.165, 1.54) is 18.2 Å². The number of carbonyl (C=O) groups is 2. The highest BCUT2D eigenvalue weighted by molar-refractivity contribution is 6.34. The van der Waals surface area contributed by atoms with Crippen molar-refractivity contribution < 1.29 is 14.5 Å². The Kier molecular flexibility index (Phi) is 7.08. The van der Waals surface area contributed by atoms with Crippen LogP contribution >= 0.6 is 11.6 Å². The number of aryl methyl sites for hydroxylation is 2. The summed E-state index contributed by atoms with van der Waals surface area (Å²) in [5.74, 6) is -0.626.